The van der Waals surface area contributed by atoms with Gasteiger partial charge in [-0.1, -0.05) is 18.2 Å². The third kappa shape index (κ3) is 6.07. The van der Waals surface area contributed by atoms with Crippen LogP contribution in [0.15, 0.2) is 42.5 Å². The van der Waals surface area contributed by atoms with Crippen LogP contribution in [0.3, 0.4) is 0 Å². The molecule has 0 radical (unpaired) electrons. The summed E-state index contributed by atoms with van der Waals surface area (Å²) in [6.07, 6.45) is 2.64. The second-order valence-electron chi connectivity index (χ2n) is 7.58. The number of para-hydroxylation sites is 2. The number of carbonyl (C=O) groups excluding carboxylic acids is 1. The Labute approximate surface area is 178 Å². The molecule has 160 valence electrons. The van der Waals surface area contributed by atoms with Crippen molar-refractivity contribution >= 4 is 16.9 Å². The minimum atomic E-state index is -0.108. The molecule has 0 saturated carbocycles. The van der Waals surface area contributed by atoms with Gasteiger partial charge in [0.1, 0.15) is 18.2 Å². The molecule has 0 aliphatic carbocycles. The van der Waals surface area contributed by atoms with Gasteiger partial charge in [0.15, 0.2) is 0 Å². The summed E-state index contributed by atoms with van der Waals surface area (Å²) >= 11 is 0. The van der Waals surface area contributed by atoms with Gasteiger partial charge in [-0.3, -0.25) is 4.79 Å². The number of fused-ring (bicyclic) bond motifs is 1. The molecule has 0 unspecified atom stereocenters. The summed E-state index contributed by atoms with van der Waals surface area (Å²) in [4.78, 5) is 16.4. The van der Waals surface area contributed by atoms with E-state index in [0.717, 1.165) is 42.0 Å². The molecule has 0 aliphatic heterocycles. The number of methoxy groups -OCH3 is 1. The fourth-order valence-corrected chi connectivity index (χ4v) is 3.64. The Hall–Kier alpha value is -2.86. The summed E-state index contributed by atoms with van der Waals surface area (Å²) in [6, 6.07) is 14.5. The highest BCUT2D eigenvalue weighted by molar-refractivity contribution is 5.77. The van der Waals surface area contributed by atoms with Crippen LogP contribution >= 0.6 is 0 Å². The zero-order valence-corrected chi connectivity index (χ0v) is 18.1. The summed E-state index contributed by atoms with van der Waals surface area (Å²) in [5, 5.41) is 2.87. The maximum Gasteiger partial charge on any atom is 0.245 e. The number of ether oxygens (including phenoxy) is 2. The van der Waals surface area contributed by atoms with Gasteiger partial charge in [0.05, 0.1) is 17.6 Å². The molecule has 1 amide bonds. The zero-order chi connectivity index (χ0) is 21.3. The number of carbonyl (C=O) groups is 1. The van der Waals surface area contributed by atoms with E-state index in [2.05, 4.69) is 48.0 Å². The molecule has 0 bridgehead atoms. The first-order valence-corrected chi connectivity index (χ1v) is 10.5. The highest BCUT2D eigenvalue weighted by Gasteiger charge is 2.11. The molecule has 2 aromatic carbocycles. The van der Waals surface area contributed by atoms with Crippen molar-refractivity contribution in [2.45, 2.75) is 39.7 Å². The van der Waals surface area contributed by atoms with E-state index in [0.29, 0.717) is 19.6 Å². The van der Waals surface area contributed by atoms with Crippen molar-refractivity contribution in [3.8, 4) is 5.75 Å². The Balaban J connectivity index is 1.55. The summed E-state index contributed by atoms with van der Waals surface area (Å²) in [5.74, 6) is 1.82. The van der Waals surface area contributed by atoms with Crippen molar-refractivity contribution in [2.75, 3.05) is 26.9 Å². The number of hydrogen-bond acceptors (Lipinski definition) is 4. The van der Waals surface area contributed by atoms with Crippen molar-refractivity contribution in [3.05, 3.63) is 59.4 Å². The van der Waals surface area contributed by atoms with Gasteiger partial charge in [-0.05, 0) is 62.1 Å². The van der Waals surface area contributed by atoms with Crippen LogP contribution in [0.2, 0.25) is 0 Å². The quantitative estimate of drug-likeness (QED) is 0.489. The van der Waals surface area contributed by atoms with Gasteiger partial charge in [0, 0.05) is 26.6 Å². The molecular weight excluding hydrogens is 378 g/mol. The normalized spacial score (nSPS) is 11.0. The van der Waals surface area contributed by atoms with Crippen LogP contribution in [-0.2, 0) is 22.5 Å². The molecule has 0 spiro atoms. The van der Waals surface area contributed by atoms with Crippen LogP contribution in [0.4, 0.5) is 0 Å². The number of imidazole rings is 1. The predicted octanol–water partition coefficient (Wildman–Crippen LogP) is 3.82. The van der Waals surface area contributed by atoms with E-state index in [9.17, 15) is 4.79 Å². The van der Waals surface area contributed by atoms with Gasteiger partial charge in [0.25, 0.3) is 0 Å². The Morgan fingerprint density at radius 1 is 1.10 bits per heavy atom. The lowest BCUT2D eigenvalue weighted by molar-refractivity contribution is -0.124. The molecular formula is C24H31N3O3. The Morgan fingerprint density at radius 3 is 2.63 bits per heavy atom. The van der Waals surface area contributed by atoms with Crippen LogP contribution in [0.25, 0.3) is 11.0 Å². The van der Waals surface area contributed by atoms with E-state index in [1.54, 1.807) is 0 Å². The van der Waals surface area contributed by atoms with Crippen LogP contribution < -0.4 is 10.1 Å². The van der Waals surface area contributed by atoms with Crippen molar-refractivity contribution in [2.24, 2.45) is 0 Å². The van der Waals surface area contributed by atoms with Gasteiger partial charge in [-0.25, -0.2) is 4.98 Å². The smallest absolute Gasteiger partial charge is 0.245 e. The average molecular weight is 410 g/mol. The molecule has 6 nitrogen and oxygen atoms in total. The van der Waals surface area contributed by atoms with Crippen molar-refractivity contribution in [3.63, 3.8) is 0 Å². The molecule has 1 aromatic heterocycles. The first-order chi connectivity index (χ1) is 14.6. The molecule has 0 atom stereocenters. The molecule has 30 heavy (non-hydrogen) atoms. The third-order valence-corrected chi connectivity index (χ3v) is 4.92. The standard InChI is InChI=1S/C24H31N3O3/c1-18-14-19(2)16-20(15-18)30-13-7-6-12-27-22-9-5-4-8-21(22)26-23(27)10-11-25-24(28)17-29-3/h4-5,8-9,14-16H,6-7,10-13,17H2,1-3H3,(H,25,28). The van der Waals surface area contributed by atoms with Crippen LogP contribution in [0.1, 0.15) is 29.8 Å². The van der Waals surface area contributed by atoms with E-state index in [1.807, 2.05) is 18.2 Å². The molecule has 3 aromatic rings. The number of nitrogens with one attached hydrogen (secondary N) is 1. The minimum Gasteiger partial charge on any atom is -0.494 e. The second-order valence-corrected chi connectivity index (χ2v) is 7.58. The van der Waals surface area contributed by atoms with Crippen LogP contribution in [0, 0.1) is 13.8 Å². The minimum absolute atomic E-state index is 0.0802. The highest BCUT2D eigenvalue weighted by atomic mass is 16.5. The van der Waals surface area contributed by atoms with Crippen LogP contribution in [0.5, 0.6) is 5.75 Å². The van der Waals surface area contributed by atoms with E-state index >= 15 is 0 Å². The van der Waals surface area contributed by atoms with Gasteiger partial charge in [-0.15, -0.1) is 0 Å². The summed E-state index contributed by atoms with van der Waals surface area (Å²) in [7, 11) is 1.52. The van der Waals surface area contributed by atoms with E-state index in [-0.39, 0.29) is 12.5 Å². The first-order valence-electron chi connectivity index (χ1n) is 10.5. The molecule has 0 fully saturated rings. The lowest BCUT2D eigenvalue weighted by Gasteiger charge is -2.11. The number of amides is 1. The van der Waals surface area contributed by atoms with Crippen molar-refractivity contribution < 1.29 is 14.3 Å². The van der Waals surface area contributed by atoms with E-state index in [4.69, 9.17) is 14.5 Å². The number of aromatic nitrogens is 2. The number of unbranched alkanes of at least 4 members (excludes halogenated alkanes) is 1. The molecule has 1 N–H and O–H groups in total. The molecule has 0 saturated heterocycles. The first kappa shape index (κ1) is 21.8. The molecule has 0 aliphatic rings. The summed E-state index contributed by atoms with van der Waals surface area (Å²) < 4.78 is 13.0. The third-order valence-electron chi connectivity index (χ3n) is 4.92. The Kier molecular flexibility index (Phi) is 7.85. The van der Waals surface area contributed by atoms with E-state index < -0.39 is 0 Å². The number of aryl methyl sites for hydroxylation is 3. The number of hydrogen-bond donors (Lipinski definition) is 1. The lowest BCUT2D eigenvalue weighted by Crippen LogP contribution is -2.29. The molecule has 1 heterocycles. The van der Waals surface area contributed by atoms with Crippen molar-refractivity contribution in [1.29, 1.82) is 0 Å². The predicted molar refractivity (Wildman–Crippen MR) is 119 cm³/mol. The SMILES string of the molecule is COCC(=O)NCCc1nc2ccccc2n1CCCCOc1cc(C)cc(C)c1. The van der Waals surface area contributed by atoms with Gasteiger partial charge < -0.3 is 19.4 Å². The fraction of sp³-hybridized carbons (Fsp3) is 0.417. The largest absolute Gasteiger partial charge is 0.494 e. The Morgan fingerprint density at radius 2 is 1.87 bits per heavy atom. The summed E-state index contributed by atoms with van der Waals surface area (Å²) in [6.45, 7) is 6.36. The zero-order valence-electron chi connectivity index (χ0n) is 18.1. The molecule has 6 heteroatoms. The van der Waals surface area contributed by atoms with Gasteiger partial charge in [0.2, 0.25) is 5.91 Å². The lowest BCUT2D eigenvalue weighted by atomic mass is 10.1. The fourth-order valence-electron chi connectivity index (χ4n) is 3.64. The maximum absolute atomic E-state index is 11.6. The Bertz CT molecular complexity index is 961. The topological polar surface area (TPSA) is 65.4 Å². The summed E-state index contributed by atoms with van der Waals surface area (Å²) in [5.41, 5.74) is 4.56. The molecule has 3 rings (SSSR count). The average Bonchev–Trinajstić information content (AvgIpc) is 3.05. The maximum atomic E-state index is 11.6. The number of nitrogens with zero attached hydrogens (tertiary/aromatic N) is 2. The van der Waals surface area contributed by atoms with E-state index in [1.165, 1.54) is 18.2 Å². The second kappa shape index (κ2) is 10.8. The highest BCUT2D eigenvalue weighted by Crippen LogP contribution is 2.19. The van der Waals surface area contributed by atoms with Crippen LogP contribution in [-0.4, -0.2) is 42.3 Å². The van der Waals surface area contributed by atoms with Gasteiger partial charge >= 0.3 is 0 Å². The van der Waals surface area contributed by atoms with Crippen molar-refractivity contribution in [1.82, 2.24) is 14.9 Å². The number of benzene rings is 2. The number of rotatable bonds is 11. The monoisotopic (exact) mass is 409 g/mol. The van der Waals surface area contributed by atoms with Gasteiger partial charge in [-0.2, -0.15) is 0 Å².